The van der Waals surface area contributed by atoms with Crippen LogP contribution in [0.4, 0.5) is 41.9 Å². The average Bonchev–Trinajstić information content (AvgIpc) is 3.59. The molecule has 0 spiro atoms. The number of amides is 1. The van der Waals surface area contributed by atoms with Gasteiger partial charge in [0.15, 0.2) is 5.82 Å². The molecule has 4 aromatic rings. The molecule has 1 aromatic heterocycles. The number of hydrogen-bond donors (Lipinski definition) is 2. The molecule has 0 saturated carbocycles. The first kappa shape index (κ1) is 32.8. The van der Waals surface area contributed by atoms with E-state index in [9.17, 15) is 18.0 Å². The molecule has 13 heteroatoms. The van der Waals surface area contributed by atoms with Crippen LogP contribution in [0.25, 0.3) is 11.1 Å². The van der Waals surface area contributed by atoms with Crippen LogP contribution in [0.3, 0.4) is 0 Å². The van der Waals surface area contributed by atoms with Gasteiger partial charge in [0.1, 0.15) is 17.9 Å². The predicted molar refractivity (Wildman–Crippen MR) is 180 cm³/mol. The summed E-state index contributed by atoms with van der Waals surface area (Å²) in [6.07, 6.45) is -1.05. The Kier molecular flexibility index (Phi) is 9.51. The van der Waals surface area contributed by atoms with Crippen LogP contribution >= 0.6 is 0 Å². The SMILES string of the molecule is C=CC(=O)Nc1cc(Nc2cc(N3OCCC3c3cccc(-c4ccc(C(F)(F)F)cc4)c3)ncn2)c(OC)cc1N1CCN(C)CC1. The average molecular weight is 660 g/mol. The Labute approximate surface area is 276 Å². The number of rotatable bonds is 9. The van der Waals surface area contributed by atoms with Crippen LogP contribution in [0.5, 0.6) is 5.75 Å². The summed E-state index contributed by atoms with van der Waals surface area (Å²) in [7, 11) is 3.67. The van der Waals surface area contributed by atoms with Crippen LogP contribution < -0.4 is 25.3 Å². The van der Waals surface area contributed by atoms with Gasteiger partial charge >= 0.3 is 6.18 Å². The second-order valence-corrected chi connectivity index (χ2v) is 11.6. The maximum atomic E-state index is 13.1. The number of alkyl halides is 3. The number of hydrogen-bond acceptors (Lipinski definition) is 9. The molecule has 2 saturated heterocycles. The molecule has 0 bridgehead atoms. The van der Waals surface area contributed by atoms with E-state index in [0.29, 0.717) is 47.4 Å². The smallest absolute Gasteiger partial charge is 0.416 e. The summed E-state index contributed by atoms with van der Waals surface area (Å²) >= 11 is 0. The first-order chi connectivity index (χ1) is 23.1. The Hall–Kier alpha value is -5.14. The van der Waals surface area contributed by atoms with Crippen molar-refractivity contribution < 1.29 is 27.5 Å². The van der Waals surface area contributed by atoms with Crippen molar-refractivity contribution in [1.29, 1.82) is 0 Å². The second-order valence-electron chi connectivity index (χ2n) is 11.6. The van der Waals surface area contributed by atoms with Crippen molar-refractivity contribution in [2.45, 2.75) is 18.6 Å². The lowest BCUT2D eigenvalue weighted by molar-refractivity contribution is -0.137. The third-order valence-corrected chi connectivity index (χ3v) is 8.47. The van der Waals surface area contributed by atoms with Gasteiger partial charge in [0.05, 0.1) is 42.4 Å². The number of methoxy groups -OCH3 is 1. The summed E-state index contributed by atoms with van der Waals surface area (Å²) in [6.45, 7) is 7.42. The molecule has 2 aliphatic rings. The fourth-order valence-electron chi connectivity index (χ4n) is 5.88. The van der Waals surface area contributed by atoms with Gasteiger partial charge in [-0.2, -0.15) is 13.2 Å². The number of likely N-dealkylation sites (N-methyl/N-ethyl adjacent to an activating group) is 1. The number of nitrogens with zero attached hydrogens (tertiary/aromatic N) is 5. The Morgan fingerprint density at radius 1 is 1.00 bits per heavy atom. The number of carbonyl (C=O) groups is 1. The minimum atomic E-state index is -4.39. The van der Waals surface area contributed by atoms with Gasteiger partial charge in [-0.1, -0.05) is 36.9 Å². The molecule has 2 aliphatic heterocycles. The van der Waals surface area contributed by atoms with Gasteiger partial charge < -0.3 is 25.2 Å². The third kappa shape index (κ3) is 7.21. The van der Waals surface area contributed by atoms with Gasteiger partial charge in [-0.05, 0) is 54.1 Å². The molecule has 10 nitrogen and oxygen atoms in total. The zero-order chi connectivity index (χ0) is 33.8. The first-order valence-corrected chi connectivity index (χ1v) is 15.5. The summed E-state index contributed by atoms with van der Waals surface area (Å²) in [6, 6.07) is 18.1. The molecule has 48 heavy (non-hydrogen) atoms. The van der Waals surface area contributed by atoms with E-state index in [-0.39, 0.29) is 11.9 Å². The van der Waals surface area contributed by atoms with Crippen molar-refractivity contribution in [1.82, 2.24) is 14.9 Å². The van der Waals surface area contributed by atoms with E-state index in [1.165, 1.54) is 24.5 Å². The van der Waals surface area contributed by atoms with Gasteiger partial charge in [0.25, 0.3) is 0 Å². The maximum Gasteiger partial charge on any atom is 0.416 e. The molecule has 1 amide bonds. The van der Waals surface area contributed by atoms with E-state index < -0.39 is 11.7 Å². The van der Waals surface area contributed by atoms with E-state index in [0.717, 1.165) is 55.1 Å². The van der Waals surface area contributed by atoms with Crippen LogP contribution in [-0.4, -0.2) is 67.7 Å². The van der Waals surface area contributed by atoms with Gasteiger partial charge in [-0.25, -0.2) is 15.0 Å². The Morgan fingerprint density at radius 2 is 1.77 bits per heavy atom. The molecule has 250 valence electrons. The highest BCUT2D eigenvalue weighted by molar-refractivity contribution is 6.02. The number of benzene rings is 3. The zero-order valence-electron chi connectivity index (χ0n) is 26.6. The normalized spacial score (nSPS) is 16.9. The summed E-state index contributed by atoms with van der Waals surface area (Å²) < 4.78 is 45.1. The number of piperazine rings is 1. The number of halogens is 3. The lowest BCUT2D eigenvalue weighted by Crippen LogP contribution is -2.44. The van der Waals surface area contributed by atoms with E-state index in [1.54, 1.807) is 18.2 Å². The van der Waals surface area contributed by atoms with Crippen molar-refractivity contribution in [2.24, 2.45) is 0 Å². The molecular weight excluding hydrogens is 623 g/mol. The van der Waals surface area contributed by atoms with Crippen LogP contribution in [0.15, 0.2) is 85.7 Å². The fourth-order valence-corrected chi connectivity index (χ4v) is 5.88. The van der Waals surface area contributed by atoms with E-state index in [1.807, 2.05) is 36.4 Å². The quantitative estimate of drug-likeness (QED) is 0.191. The topological polar surface area (TPSA) is 95.1 Å². The van der Waals surface area contributed by atoms with E-state index in [4.69, 9.17) is 9.57 Å². The largest absolute Gasteiger partial charge is 0.494 e. The van der Waals surface area contributed by atoms with Gasteiger partial charge in [0, 0.05) is 44.7 Å². The molecule has 3 aromatic carbocycles. The number of aromatic nitrogens is 2. The van der Waals surface area contributed by atoms with Crippen molar-refractivity contribution in [3.8, 4) is 16.9 Å². The van der Waals surface area contributed by atoms with Crippen LogP contribution in [-0.2, 0) is 15.8 Å². The van der Waals surface area contributed by atoms with E-state index >= 15 is 0 Å². The highest BCUT2D eigenvalue weighted by atomic mass is 19.4. The Morgan fingerprint density at radius 3 is 2.48 bits per heavy atom. The number of carbonyl (C=O) groups excluding carboxylic acids is 1. The minimum Gasteiger partial charge on any atom is -0.494 e. The number of anilines is 5. The predicted octanol–water partition coefficient (Wildman–Crippen LogP) is 6.67. The van der Waals surface area contributed by atoms with Crippen LogP contribution in [0.1, 0.15) is 23.6 Å². The second kappa shape index (κ2) is 13.9. The summed E-state index contributed by atoms with van der Waals surface area (Å²) in [4.78, 5) is 31.8. The summed E-state index contributed by atoms with van der Waals surface area (Å²) in [5.41, 5.74) is 3.76. The van der Waals surface area contributed by atoms with Crippen LogP contribution in [0, 0.1) is 0 Å². The zero-order valence-corrected chi connectivity index (χ0v) is 26.6. The number of nitrogens with one attached hydrogen (secondary N) is 2. The Balaban J connectivity index is 1.25. The molecule has 3 heterocycles. The maximum absolute atomic E-state index is 13.1. The van der Waals surface area contributed by atoms with Crippen LogP contribution in [0.2, 0.25) is 0 Å². The molecule has 0 aliphatic carbocycles. The third-order valence-electron chi connectivity index (χ3n) is 8.47. The summed E-state index contributed by atoms with van der Waals surface area (Å²) in [5.74, 6) is 1.23. The molecule has 1 unspecified atom stereocenters. The van der Waals surface area contributed by atoms with E-state index in [2.05, 4.69) is 44.0 Å². The van der Waals surface area contributed by atoms with Crippen molar-refractivity contribution in [2.75, 3.05) is 67.5 Å². The lowest BCUT2D eigenvalue weighted by Gasteiger charge is -2.35. The highest BCUT2D eigenvalue weighted by Gasteiger charge is 2.31. The molecule has 6 rings (SSSR count). The molecular formula is C35H36F3N7O3. The highest BCUT2D eigenvalue weighted by Crippen LogP contribution is 2.40. The van der Waals surface area contributed by atoms with Crippen molar-refractivity contribution in [3.05, 3.63) is 96.8 Å². The standard InChI is InChI=1S/C35H36F3N7O3/c1-4-34(46)42-27-19-28(31(47-3)20-30(27)44-15-13-43(2)14-16-44)41-32-21-33(40-22-39-32)45-29(12-17-48-45)25-7-5-6-24(18-25)23-8-10-26(11-9-23)35(36,37)38/h4-11,18-22,29H,1,12-17H2,2-3H3,(H,42,46)(H,39,40,41). The fraction of sp³-hybridized carbons (Fsp3) is 0.286. The number of ether oxygens (including phenoxy) is 1. The van der Waals surface area contributed by atoms with Crippen molar-refractivity contribution >= 4 is 34.6 Å². The molecule has 1 atom stereocenters. The first-order valence-electron chi connectivity index (χ1n) is 15.5. The molecule has 2 N–H and O–H groups in total. The lowest BCUT2D eigenvalue weighted by atomic mass is 9.97. The molecule has 0 radical (unpaired) electrons. The number of hydroxylamine groups is 1. The van der Waals surface area contributed by atoms with Gasteiger partial charge in [0.2, 0.25) is 5.91 Å². The molecule has 2 fully saturated rings. The van der Waals surface area contributed by atoms with Gasteiger partial charge in [-0.3, -0.25) is 9.63 Å². The monoisotopic (exact) mass is 659 g/mol. The minimum absolute atomic E-state index is 0.194. The van der Waals surface area contributed by atoms with Gasteiger partial charge in [-0.15, -0.1) is 0 Å². The Bertz CT molecular complexity index is 1780. The summed E-state index contributed by atoms with van der Waals surface area (Å²) in [5, 5.41) is 7.97. The van der Waals surface area contributed by atoms with Crippen molar-refractivity contribution in [3.63, 3.8) is 0 Å².